The minimum atomic E-state index is -0.954. The van der Waals surface area contributed by atoms with Crippen LogP contribution in [0.15, 0.2) is 22.7 Å². The predicted molar refractivity (Wildman–Crippen MR) is 84.8 cm³/mol. The summed E-state index contributed by atoms with van der Waals surface area (Å²) in [6.45, 7) is 0.456. The van der Waals surface area contributed by atoms with Gasteiger partial charge in [-0.05, 0) is 47.0 Å². The highest BCUT2D eigenvalue weighted by molar-refractivity contribution is 9.10. The van der Waals surface area contributed by atoms with Crippen LogP contribution in [0.1, 0.15) is 25.7 Å². The molecule has 1 saturated heterocycles. The van der Waals surface area contributed by atoms with Gasteiger partial charge in [0.15, 0.2) is 0 Å². The molecule has 0 spiro atoms. The maximum atomic E-state index is 12.3. The first-order chi connectivity index (χ1) is 9.99. The fraction of sp³-hybridized carbons (Fsp3) is 0.429. The van der Waals surface area contributed by atoms with Crippen LogP contribution in [0.4, 0.5) is 10.5 Å². The predicted octanol–water partition coefficient (Wildman–Crippen LogP) is 3.96. The van der Waals surface area contributed by atoms with E-state index in [0.717, 1.165) is 19.3 Å². The summed E-state index contributed by atoms with van der Waals surface area (Å²) in [5.41, 5.74) is 0.574. The van der Waals surface area contributed by atoms with Gasteiger partial charge in [-0.15, -0.1) is 0 Å². The molecule has 114 valence electrons. The van der Waals surface area contributed by atoms with E-state index in [1.807, 2.05) is 0 Å². The first-order valence-corrected chi connectivity index (χ1v) is 7.91. The molecule has 1 heterocycles. The van der Waals surface area contributed by atoms with Gasteiger partial charge in [0.25, 0.3) is 0 Å². The van der Waals surface area contributed by atoms with Crippen LogP contribution in [0.5, 0.6) is 0 Å². The van der Waals surface area contributed by atoms with E-state index in [9.17, 15) is 14.7 Å². The molecule has 0 radical (unpaired) electrons. The molecule has 2 rings (SSSR count). The van der Waals surface area contributed by atoms with Gasteiger partial charge >= 0.3 is 12.0 Å². The monoisotopic (exact) mass is 374 g/mol. The molecule has 0 saturated carbocycles. The third kappa shape index (κ3) is 4.11. The van der Waals surface area contributed by atoms with E-state index >= 15 is 0 Å². The first-order valence-electron chi connectivity index (χ1n) is 6.74. The lowest BCUT2D eigenvalue weighted by Gasteiger charge is -2.27. The summed E-state index contributed by atoms with van der Waals surface area (Å²) in [6, 6.07) is 3.88. The molecule has 0 aromatic heterocycles. The van der Waals surface area contributed by atoms with E-state index in [4.69, 9.17) is 11.6 Å². The van der Waals surface area contributed by atoms with E-state index in [-0.39, 0.29) is 0 Å². The molecule has 1 atom stereocenters. The number of aliphatic carboxylic acids is 1. The number of carboxylic acids is 1. The number of benzene rings is 1. The third-order valence-corrected chi connectivity index (χ3v) is 4.68. The molecule has 2 amide bonds. The van der Waals surface area contributed by atoms with E-state index in [2.05, 4.69) is 21.2 Å². The summed E-state index contributed by atoms with van der Waals surface area (Å²) in [4.78, 5) is 25.1. The Hall–Kier alpha value is -1.27. The summed E-state index contributed by atoms with van der Waals surface area (Å²) < 4.78 is 0.674. The quantitative estimate of drug-likeness (QED) is 0.822. The van der Waals surface area contributed by atoms with Crippen LogP contribution >= 0.6 is 27.5 Å². The van der Waals surface area contributed by atoms with E-state index in [0.29, 0.717) is 28.1 Å². The number of urea groups is 1. The number of likely N-dealkylation sites (tertiary alicyclic amines) is 1. The summed E-state index contributed by atoms with van der Waals surface area (Å²) in [6.07, 6.45) is 3.09. The lowest BCUT2D eigenvalue weighted by atomic mass is 10.1. The molecule has 2 N–H and O–H groups in total. The summed E-state index contributed by atoms with van der Waals surface area (Å²) in [5.74, 6) is -0.954. The zero-order valence-electron chi connectivity index (χ0n) is 11.3. The Labute approximate surface area is 136 Å². The van der Waals surface area contributed by atoms with Crippen LogP contribution < -0.4 is 5.32 Å². The van der Waals surface area contributed by atoms with Crippen LogP contribution in [0.2, 0.25) is 5.02 Å². The number of rotatable bonds is 2. The highest BCUT2D eigenvalue weighted by atomic mass is 79.9. The van der Waals surface area contributed by atoms with Crippen LogP contribution in [-0.4, -0.2) is 34.6 Å². The number of anilines is 1. The zero-order chi connectivity index (χ0) is 15.4. The van der Waals surface area contributed by atoms with Gasteiger partial charge in [0.1, 0.15) is 6.04 Å². The minimum Gasteiger partial charge on any atom is -0.480 e. The van der Waals surface area contributed by atoms with Gasteiger partial charge in [-0.2, -0.15) is 0 Å². The number of nitrogens with zero attached hydrogens (tertiary/aromatic N) is 1. The highest BCUT2D eigenvalue weighted by Crippen LogP contribution is 2.26. The molecule has 5 nitrogen and oxygen atoms in total. The number of carbonyl (C=O) groups is 2. The second-order valence-corrected chi connectivity index (χ2v) is 6.22. The molecular formula is C14H16BrClN2O3. The van der Waals surface area contributed by atoms with Gasteiger partial charge in [-0.3, -0.25) is 0 Å². The molecule has 1 aliphatic heterocycles. The van der Waals surface area contributed by atoms with Crippen molar-refractivity contribution in [3.05, 3.63) is 27.7 Å². The second-order valence-electron chi connectivity index (χ2n) is 4.96. The Balaban J connectivity index is 2.12. The minimum absolute atomic E-state index is 0.390. The molecule has 1 aromatic carbocycles. The molecule has 0 bridgehead atoms. The van der Waals surface area contributed by atoms with Crippen LogP contribution in [0.3, 0.4) is 0 Å². The standard InChI is InChI=1S/C14H16BrClN2O3/c15-10-8-9(5-6-11(10)16)17-14(21)18-7-3-1-2-4-12(18)13(19)20/h5-6,8,12H,1-4,7H2,(H,17,21)(H,19,20). The van der Waals surface area contributed by atoms with Crippen molar-refractivity contribution in [2.45, 2.75) is 31.7 Å². The molecule has 7 heteroatoms. The van der Waals surface area contributed by atoms with Gasteiger partial charge in [-0.25, -0.2) is 9.59 Å². The van der Waals surface area contributed by atoms with Gasteiger partial charge in [0.2, 0.25) is 0 Å². The lowest BCUT2D eigenvalue weighted by molar-refractivity contribution is -0.142. The van der Waals surface area contributed by atoms with E-state index < -0.39 is 18.0 Å². The van der Waals surface area contributed by atoms with Crippen molar-refractivity contribution < 1.29 is 14.7 Å². The van der Waals surface area contributed by atoms with Gasteiger partial charge < -0.3 is 15.3 Å². The molecular weight excluding hydrogens is 360 g/mol. The highest BCUT2D eigenvalue weighted by Gasteiger charge is 2.30. The molecule has 0 aliphatic carbocycles. The van der Waals surface area contributed by atoms with Gasteiger partial charge in [0, 0.05) is 16.7 Å². The summed E-state index contributed by atoms with van der Waals surface area (Å²) in [5, 5.41) is 12.6. The zero-order valence-corrected chi connectivity index (χ0v) is 13.7. The second kappa shape index (κ2) is 7.13. The average molecular weight is 376 g/mol. The number of nitrogens with one attached hydrogen (secondary N) is 1. The maximum absolute atomic E-state index is 12.3. The third-order valence-electron chi connectivity index (χ3n) is 3.47. The Kier molecular flexibility index (Phi) is 5.47. The summed E-state index contributed by atoms with van der Waals surface area (Å²) in [7, 11) is 0. The van der Waals surface area contributed by atoms with Crippen molar-refractivity contribution in [3.8, 4) is 0 Å². The number of carboxylic acid groups (broad SMARTS) is 1. The van der Waals surface area contributed by atoms with Gasteiger partial charge in [0.05, 0.1) is 5.02 Å². The molecule has 21 heavy (non-hydrogen) atoms. The Morgan fingerprint density at radius 1 is 1.33 bits per heavy atom. The number of hydrogen-bond donors (Lipinski definition) is 2. The summed E-state index contributed by atoms with van der Waals surface area (Å²) >= 11 is 9.19. The Morgan fingerprint density at radius 3 is 2.76 bits per heavy atom. The van der Waals surface area contributed by atoms with E-state index in [1.165, 1.54) is 4.90 Å². The molecule has 1 unspecified atom stereocenters. The lowest BCUT2D eigenvalue weighted by Crippen LogP contribution is -2.46. The largest absolute Gasteiger partial charge is 0.480 e. The van der Waals surface area contributed by atoms with Crippen LogP contribution in [-0.2, 0) is 4.79 Å². The van der Waals surface area contributed by atoms with Gasteiger partial charge in [-0.1, -0.05) is 24.4 Å². The van der Waals surface area contributed by atoms with Crippen molar-refractivity contribution in [1.29, 1.82) is 0 Å². The SMILES string of the molecule is O=C(O)C1CCCCCN1C(=O)Nc1ccc(Cl)c(Br)c1. The van der Waals surface area contributed by atoms with E-state index in [1.54, 1.807) is 18.2 Å². The van der Waals surface area contributed by atoms with Crippen molar-refractivity contribution in [3.63, 3.8) is 0 Å². The van der Waals surface area contributed by atoms with Crippen LogP contribution in [0, 0.1) is 0 Å². The smallest absolute Gasteiger partial charge is 0.326 e. The topological polar surface area (TPSA) is 69.6 Å². The number of hydrogen-bond acceptors (Lipinski definition) is 2. The normalized spacial score (nSPS) is 19.0. The fourth-order valence-corrected chi connectivity index (χ4v) is 2.87. The molecule has 1 aromatic rings. The fourth-order valence-electron chi connectivity index (χ4n) is 2.38. The van der Waals surface area contributed by atoms with Crippen molar-refractivity contribution in [1.82, 2.24) is 4.90 Å². The number of carbonyl (C=O) groups excluding carboxylic acids is 1. The van der Waals surface area contributed by atoms with Crippen molar-refractivity contribution in [2.24, 2.45) is 0 Å². The molecule has 1 aliphatic rings. The Bertz CT molecular complexity index is 553. The Morgan fingerprint density at radius 2 is 2.10 bits per heavy atom. The average Bonchev–Trinajstić information content (AvgIpc) is 2.68. The first kappa shape index (κ1) is 16.1. The maximum Gasteiger partial charge on any atom is 0.326 e. The number of amides is 2. The van der Waals surface area contributed by atoms with Crippen molar-refractivity contribution in [2.75, 3.05) is 11.9 Å². The van der Waals surface area contributed by atoms with Crippen LogP contribution in [0.25, 0.3) is 0 Å². The molecule has 1 fully saturated rings. The van der Waals surface area contributed by atoms with Crippen molar-refractivity contribution >= 4 is 45.2 Å². The number of halogens is 2.